The summed E-state index contributed by atoms with van der Waals surface area (Å²) in [5.41, 5.74) is 0.739. The van der Waals surface area contributed by atoms with Gasteiger partial charge in [-0.15, -0.1) is 0 Å². The maximum absolute atomic E-state index is 12.9. The fourth-order valence-electron chi connectivity index (χ4n) is 4.15. The Morgan fingerprint density at radius 1 is 1.17 bits per heavy atom. The van der Waals surface area contributed by atoms with Gasteiger partial charge in [0.05, 0.1) is 32.3 Å². The number of fused-ring (bicyclic) bond motifs is 1. The van der Waals surface area contributed by atoms with E-state index in [-0.39, 0.29) is 18.1 Å². The molecule has 30 heavy (non-hydrogen) atoms. The van der Waals surface area contributed by atoms with E-state index >= 15 is 0 Å². The van der Waals surface area contributed by atoms with E-state index in [1.807, 2.05) is 0 Å². The number of rotatable bonds is 3. The Bertz CT molecular complexity index is 1050. The standard InChI is InChI=1S/C23H22N2O5/c1-28-17-11-19(29-2)21-18(26)13-23(30-20(21)12-17)6-8-25(9-7-23)22(27)16-5-3-4-15(10-16)14-24/h3-5,10-12H,6-9,13H2,1-2H3. The lowest BCUT2D eigenvalue weighted by Crippen LogP contribution is -2.52. The molecular weight excluding hydrogens is 384 g/mol. The zero-order valence-electron chi connectivity index (χ0n) is 16.9. The number of carbonyl (C=O) groups excluding carboxylic acids is 2. The minimum Gasteiger partial charge on any atom is -0.496 e. The second-order valence-corrected chi connectivity index (χ2v) is 7.57. The summed E-state index contributed by atoms with van der Waals surface area (Å²) in [7, 11) is 3.06. The average Bonchev–Trinajstić information content (AvgIpc) is 2.78. The summed E-state index contributed by atoms with van der Waals surface area (Å²) in [5, 5.41) is 9.06. The maximum Gasteiger partial charge on any atom is 0.253 e. The number of amides is 1. The van der Waals surface area contributed by atoms with E-state index in [9.17, 15) is 9.59 Å². The van der Waals surface area contributed by atoms with Gasteiger partial charge in [0.2, 0.25) is 0 Å². The molecule has 7 nitrogen and oxygen atoms in total. The monoisotopic (exact) mass is 406 g/mol. The zero-order chi connectivity index (χ0) is 21.3. The predicted octanol–water partition coefficient (Wildman–Crippen LogP) is 3.22. The Hall–Kier alpha value is -3.53. The molecule has 0 aliphatic carbocycles. The summed E-state index contributed by atoms with van der Waals surface area (Å²) in [5.74, 6) is 1.31. The maximum atomic E-state index is 12.9. The van der Waals surface area contributed by atoms with Gasteiger partial charge in [-0.05, 0) is 18.2 Å². The van der Waals surface area contributed by atoms with E-state index in [4.69, 9.17) is 19.5 Å². The van der Waals surface area contributed by atoms with Crippen molar-refractivity contribution in [2.45, 2.75) is 24.9 Å². The highest BCUT2D eigenvalue weighted by atomic mass is 16.5. The van der Waals surface area contributed by atoms with Crippen LogP contribution in [0.1, 0.15) is 45.5 Å². The molecule has 0 aromatic heterocycles. The first-order valence-electron chi connectivity index (χ1n) is 9.76. The van der Waals surface area contributed by atoms with Crippen molar-refractivity contribution in [3.05, 3.63) is 53.1 Å². The number of hydrogen-bond acceptors (Lipinski definition) is 6. The van der Waals surface area contributed by atoms with Crippen molar-refractivity contribution in [2.75, 3.05) is 27.3 Å². The van der Waals surface area contributed by atoms with Gasteiger partial charge in [-0.3, -0.25) is 9.59 Å². The van der Waals surface area contributed by atoms with Crippen LogP contribution in [0.25, 0.3) is 0 Å². The van der Waals surface area contributed by atoms with Crippen molar-refractivity contribution in [3.63, 3.8) is 0 Å². The van der Waals surface area contributed by atoms with E-state index in [1.165, 1.54) is 7.11 Å². The molecule has 1 saturated heterocycles. The molecule has 0 unspecified atom stereocenters. The molecule has 1 spiro atoms. The fourth-order valence-corrected chi connectivity index (χ4v) is 4.15. The number of nitrogens with zero attached hydrogens (tertiary/aromatic N) is 2. The van der Waals surface area contributed by atoms with Crippen LogP contribution in [0.5, 0.6) is 17.2 Å². The van der Waals surface area contributed by atoms with Crippen LogP contribution >= 0.6 is 0 Å². The number of ether oxygens (including phenoxy) is 3. The SMILES string of the molecule is COc1cc(OC)c2c(c1)OC1(CCN(C(=O)c3cccc(C#N)c3)CC1)CC2=O. The van der Waals surface area contributed by atoms with Crippen molar-refractivity contribution in [3.8, 4) is 23.3 Å². The lowest BCUT2D eigenvalue weighted by molar-refractivity contribution is -0.00610. The van der Waals surface area contributed by atoms with Crippen molar-refractivity contribution < 1.29 is 23.8 Å². The van der Waals surface area contributed by atoms with Crippen LogP contribution in [0.2, 0.25) is 0 Å². The molecule has 7 heteroatoms. The molecule has 0 radical (unpaired) electrons. The molecule has 0 N–H and O–H groups in total. The number of ketones is 1. The lowest BCUT2D eigenvalue weighted by Gasteiger charge is -2.44. The fraction of sp³-hybridized carbons (Fsp3) is 0.348. The van der Waals surface area contributed by atoms with Gasteiger partial charge in [-0.2, -0.15) is 5.26 Å². The van der Waals surface area contributed by atoms with Gasteiger partial charge in [0.25, 0.3) is 5.91 Å². The summed E-state index contributed by atoms with van der Waals surface area (Å²) in [6, 6.07) is 12.1. The summed E-state index contributed by atoms with van der Waals surface area (Å²) in [6.45, 7) is 0.943. The van der Waals surface area contributed by atoms with Gasteiger partial charge in [-0.1, -0.05) is 6.07 Å². The number of nitriles is 1. The second kappa shape index (κ2) is 7.71. The Morgan fingerprint density at radius 2 is 1.93 bits per heavy atom. The van der Waals surface area contributed by atoms with E-state index in [2.05, 4.69) is 6.07 Å². The van der Waals surface area contributed by atoms with E-state index in [0.717, 1.165) is 0 Å². The third kappa shape index (κ3) is 3.45. The number of likely N-dealkylation sites (tertiary alicyclic amines) is 1. The third-order valence-corrected chi connectivity index (χ3v) is 5.78. The molecule has 0 bridgehead atoms. The predicted molar refractivity (Wildman–Crippen MR) is 108 cm³/mol. The molecule has 0 atom stereocenters. The van der Waals surface area contributed by atoms with E-state index in [1.54, 1.807) is 48.4 Å². The first kappa shape index (κ1) is 19.8. The first-order valence-corrected chi connectivity index (χ1v) is 9.76. The van der Waals surface area contributed by atoms with Crippen LogP contribution < -0.4 is 14.2 Å². The van der Waals surface area contributed by atoms with Crippen LogP contribution in [0.3, 0.4) is 0 Å². The van der Waals surface area contributed by atoms with Crippen molar-refractivity contribution in [1.82, 2.24) is 4.90 Å². The minimum atomic E-state index is -0.646. The van der Waals surface area contributed by atoms with Gasteiger partial charge in [0.15, 0.2) is 5.78 Å². The molecule has 154 valence electrons. The number of carbonyl (C=O) groups is 2. The van der Waals surface area contributed by atoms with Crippen molar-refractivity contribution >= 4 is 11.7 Å². The topological polar surface area (TPSA) is 88.9 Å². The van der Waals surface area contributed by atoms with Crippen molar-refractivity contribution in [2.24, 2.45) is 0 Å². The molecule has 1 amide bonds. The van der Waals surface area contributed by atoms with Gasteiger partial charge in [-0.25, -0.2) is 0 Å². The number of piperidine rings is 1. The molecule has 2 aliphatic heterocycles. The normalized spacial score (nSPS) is 17.0. The van der Waals surface area contributed by atoms with Gasteiger partial charge >= 0.3 is 0 Å². The number of benzene rings is 2. The minimum absolute atomic E-state index is 0.0303. The van der Waals surface area contributed by atoms with Gasteiger partial charge < -0.3 is 19.1 Å². The second-order valence-electron chi connectivity index (χ2n) is 7.57. The zero-order valence-corrected chi connectivity index (χ0v) is 16.9. The summed E-state index contributed by atoms with van der Waals surface area (Å²) in [6.07, 6.45) is 1.33. The van der Waals surface area contributed by atoms with Gasteiger partial charge in [0, 0.05) is 43.6 Å². The van der Waals surface area contributed by atoms with Crippen LogP contribution in [0, 0.1) is 11.3 Å². The molecule has 1 fully saturated rings. The Labute approximate surface area is 174 Å². The van der Waals surface area contributed by atoms with E-state index in [0.29, 0.717) is 59.9 Å². The van der Waals surface area contributed by atoms with Crippen molar-refractivity contribution in [1.29, 1.82) is 5.26 Å². The molecule has 2 heterocycles. The largest absolute Gasteiger partial charge is 0.496 e. The van der Waals surface area contributed by atoms with Crippen LogP contribution in [0.4, 0.5) is 0 Å². The molecule has 4 rings (SSSR count). The molecule has 2 aromatic carbocycles. The Balaban J connectivity index is 1.53. The highest BCUT2D eigenvalue weighted by Gasteiger charge is 2.45. The molecule has 2 aliphatic rings. The van der Waals surface area contributed by atoms with Crippen LogP contribution in [-0.2, 0) is 0 Å². The number of hydrogen-bond donors (Lipinski definition) is 0. The molecule has 0 saturated carbocycles. The summed E-state index contributed by atoms with van der Waals surface area (Å²) in [4.78, 5) is 27.5. The Morgan fingerprint density at radius 3 is 2.60 bits per heavy atom. The summed E-state index contributed by atoms with van der Waals surface area (Å²) >= 11 is 0. The smallest absolute Gasteiger partial charge is 0.253 e. The van der Waals surface area contributed by atoms with Gasteiger partial charge in [0.1, 0.15) is 28.4 Å². The first-order chi connectivity index (χ1) is 14.5. The number of methoxy groups -OCH3 is 2. The Kier molecular flexibility index (Phi) is 5.08. The van der Waals surface area contributed by atoms with E-state index < -0.39 is 5.60 Å². The lowest BCUT2D eigenvalue weighted by atomic mass is 9.82. The highest BCUT2D eigenvalue weighted by molar-refractivity contribution is 6.03. The third-order valence-electron chi connectivity index (χ3n) is 5.78. The van der Waals surface area contributed by atoms with Crippen LogP contribution in [0.15, 0.2) is 36.4 Å². The quantitative estimate of drug-likeness (QED) is 0.778. The molecular formula is C23H22N2O5. The van der Waals surface area contributed by atoms with Crippen LogP contribution in [-0.4, -0.2) is 49.5 Å². The average molecular weight is 406 g/mol. The highest BCUT2D eigenvalue weighted by Crippen LogP contribution is 2.44. The number of Topliss-reactive ketones (excluding diaryl/α,β-unsaturated/α-hetero) is 1. The summed E-state index contributed by atoms with van der Waals surface area (Å²) < 4.78 is 17.0. The molecule has 2 aromatic rings.